The molecule has 5 rings (SSSR count). The highest BCUT2D eigenvalue weighted by molar-refractivity contribution is 5.91. The van der Waals surface area contributed by atoms with Gasteiger partial charge in [0.1, 0.15) is 0 Å². The van der Waals surface area contributed by atoms with Gasteiger partial charge in [0.2, 0.25) is 0 Å². The molecule has 0 radical (unpaired) electrons. The maximum absolute atomic E-state index is 11.3. The van der Waals surface area contributed by atoms with Gasteiger partial charge < -0.3 is 10.4 Å². The number of nitrogens with zero attached hydrogens (tertiary/aromatic N) is 1. The van der Waals surface area contributed by atoms with E-state index in [1.54, 1.807) is 6.20 Å². The number of pyridine rings is 1. The summed E-state index contributed by atoms with van der Waals surface area (Å²) in [5, 5.41) is 12.8. The van der Waals surface area contributed by atoms with Gasteiger partial charge in [-0.05, 0) is 67.9 Å². The number of carbonyl (C=O) groups is 1. The normalized spacial score (nSPS) is 37.9. The minimum Gasteiger partial charge on any atom is -0.476 e. The van der Waals surface area contributed by atoms with Crippen LogP contribution in [-0.4, -0.2) is 22.1 Å². The van der Waals surface area contributed by atoms with E-state index in [1.165, 1.54) is 32.1 Å². The molecule has 0 unspecified atom stereocenters. The average molecular weight is 272 g/mol. The van der Waals surface area contributed by atoms with Crippen LogP contribution in [0.3, 0.4) is 0 Å². The summed E-state index contributed by atoms with van der Waals surface area (Å²) in [6, 6.07) is 4.11. The van der Waals surface area contributed by atoms with Gasteiger partial charge in [-0.1, -0.05) is 0 Å². The molecule has 4 aliphatic rings. The molecule has 4 saturated carbocycles. The van der Waals surface area contributed by atoms with Crippen molar-refractivity contribution in [1.29, 1.82) is 0 Å². The number of aromatic nitrogens is 1. The summed E-state index contributed by atoms with van der Waals surface area (Å²) >= 11 is 0. The molecular weight excluding hydrogens is 252 g/mol. The predicted molar refractivity (Wildman–Crippen MR) is 75.7 cm³/mol. The zero-order chi connectivity index (χ0) is 13.7. The lowest BCUT2D eigenvalue weighted by Gasteiger charge is -2.54. The Balaban J connectivity index is 1.59. The molecule has 4 aliphatic carbocycles. The van der Waals surface area contributed by atoms with E-state index in [0.29, 0.717) is 11.7 Å². The van der Waals surface area contributed by atoms with Crippen LogP contribution in [0.4, 0.5) is 5.69 Å². The highest BCUT2D eigenvalue weighted by Crippen LogP contribution is 2.54. The number of aromatic carboxylic acids is 1. The van der Waals surface area contributed by atoms with Crippen LogP contribution in [0.5, 0.6) is 0 Å². The molecule has 4 bridgehead atoms. The third kappa shape index (κ3) is 1.89. The van der Waals surface area contributed by atoms with Crippen LogP contribution in [-0.2, 0) is 0 Å². The summed E-state index contributed by atoms with van der Waals surface area (Å²) in [4.78, 5) is 15.3. The maximum atomic E-state index is 11.3. The first kappa shape index (κ1) is 12.2. The summed E-state index contributed by atoms with van der Waals surface area (Å²) < 4.78 is 0. The van der Waals surface area contributed by atoms with E-state index in [-0.39, 0.29) is 5.69 Å². The lowest BCUT2D eigenvalue weighted by atomic mass is 9.54. The summed E-state index contributed by atoms with van der Waals surface area (Å²) in [5.74, 6) is 2.38. The van der Waals surface area contributed by atoms with Crippen molar-refractivity contribution in [1.82, 2.24) is 4.98 Å². The van der Waals surface area contributed by atoms with Crippen LogP contribution in [0, 0.1) is 23.7 Å². The van der Waals surface area contributed by atoms with Crippen LogP contribution in [0.15, 0.2) is 18.3 Å². The van der Waals surface area contributed by atoms with E-state index in [1.807, 2.05) is 12.1 Å². The fourth-order valence-electron chi connectivity index (χ4n) is 5.03. The fourth-order valence-corrected chi connectivity index (χ4v) is 5.03. The van der Waals surface area contributed by atoms with Crippen LogP contribution in [0.25, 0.3) is 0 Å². The second-order valence-corrected chi connectivity index (χ2v) is 6.81. The monoisotopic (exact) mass is 272 g/mol. The fraction of sp³-hybridized carbons (Fsp3) is 0.625. The van der Waals surface area contributed by atoms with Crippen molar-refractivity contribution in [3.8, 4) is 0 Å². The first-order valence-corrected chi connectivity index (χ1v) is 7.65. The quantitative estimate of drug-likeness (QED) is 0.888. The number of anilines is 1. The van der Waals surface area contributed by atoms with Crippen molar-refractivity contribution < 1.29 is 9.90 Å². The number of hydrogen-bond acceptors (Lipinski definition) is 3. The van der Waals surface area contributed by atoms with Gasteiger partial charge in [0, 0.05) is 12.2 Å². The minimum atomic E-state index is -0.947. The Bertz CT molecular complexity index is 515. The third-order valence-electron chi connectivity index (χ3n) is 5.56. The molecule has 1 aromatic heterocycles. The molecule has 106 valence electrons. The van der Waals surface area contributed by atoms with Gasteiger partial charge in [0.25, 0.3) is 0 Å². The van der Waals surface area contributed by atoms with Crippen molar-refractivity contribution in [3.05, 3.63) is 24.0 Å². The van der Waals surface area contributed by atoms with E-state index in [4.69, 9.17) is 0 Å². The van der Waals surface area contributed by atoms with Gasteiger partial charge in [-0.25, -0.2) is 9.78 Å². The second kappa shape index (κ2) is 4.47. The smallest absolute Gasteiger partial charge is 0.356 e. The Hall–Kier alpha value is -1.58. The summed E-state index contributed by atoms with van der Waals surface area (Å²) in [7, 11) is 0. The topological polar surface area (TPSA) is 62.2 Å². The van der Waals surface area contributed by atoms with E-state index in [9.17, 15) is 9.90 Å². The molecule has 0 spiro atoms. The number of carboxylic acid groups (broad SMARTS) is 1. The van der Waals surface area contributed by atoms with Crippen LogP contribution < -0.4 is 5.32 Å². The second-order valence-electron chi connectivity index (χ2n) is 6.81. The Morgan fingerprint density at radius 2 is 1.80 bits per heavy atom. The molecule has 1 heterocycles. The maximum Gasteiger partial charge on any atom is 0.356 e. The number of hydrogen-bond donors (Lipinski definition) is 2. The van der Waals surface area contributed by atoms with Crippen molar-refractivity contribution >= 4 is 11.7 Å². The summed E-state index contributed by atoms with van der Waals surface area (Å²) in [6.07, 6.45) is 8.29. The average Bonchev–Trinajstić information content (AvgIpc) is 2.42. The summed E-state index contributed by atoms with van der Waals surface area (Å²) in [6.45, 7) is 0. The van der Waals surface area contributed by atoms with Crippen LogP contribution >= 0.6 is 0 Å². The third-order valence-corrected chi connectivity index (χ3v) is 5.56. The lowest BCUT2D eigenvalue weighted by Crippen LogP contribution is -2.51. The van der Waals surface area contributed by atoms with Gasteiger partial charge in [0.15, 0.2) is 5.69 Å². The Morgan fingerprint density at radius 3 is 2.40 bits per heavy atom. The standard InChI is InChI=1S/C16H20N2O2/c19-16(20)15-13(2-1-3-17-15)18-14-11-5-9-4-10(7-11)8-12(14)6-9/h1-3,9-12,14,18H,4-8H2,(H,19,20). The molecule has 0 aliphatic heterocycles. The zero-order valence-corrected chi connectivity index (χ0v) is 11.5. The van der Waals surface area contributed by atoms with Crippen molar-refractivity contribution in [2.24, 2.45) is 23.7 Å². The molecule has 2 N–H and O–H groups in total. The first-order valence-electron chi connectivity index (χ1n) is 7.65. The number of rotatable bonds is 3. The van der Waals surface area contributed by atoms with Gasteiger partial charge in [-0.2, -0.15) is 0 Å². The van der Waals surface area contributed by atoms with Crippen molar-refractivity contribution in [2.45, 2.75) is 38.1 Å². The molecule has 20 heavy (non-hydrogen) atoms. The molecule has 1 aromatic rings. The SMILES string of the molecule is O=C(O)c1ncccc1NC1C2CC3CC(C2)CC1C3. The lowest BCUT2D eigenvalue weighted by molar-refractivity contribution is 0.00747. The van der Waals surface area contributed by atoms with Gasteiger partial charge >= 0.3 is 5.97 Å². The van der Waals surface area contributed by atoms with Crippen molar-refractivity contribution in [2.75, 3.05) is 5.32 Å². The van der Waals surface area contributed by atoms with Crippen LogP contribution in [0.1, 0.15) is 42.6 Å². The largest absolute Gasteiger partial charge is 0.476 e. The predicted octanol–water partition coefficient (Wildman–Crippen LogP) is 3.02. The zero-order valence-electron chi connectivity index (χ0n) is 11.5. The molecule has 0 amide bonds. The Labute approximate surface area is 118 Å². The Morgan fingerprint density at radius 1 is 1.15 bits per heavy atom. The summed E-state index contributed by atoms with van der Waals surface area (Å²) in [5.41, 5.74) is 0.846. The molecule has 4 nitrogen and oxygen atoms in total. The molecule has 0 atom stereocenters. The van der Waals surface area contributed by atoms with Gasteiger partial charge in [-0.15, -0.1) is 0 Å². The van der Waals surface area contributed by atoms with E-state index in [0.717, 1.165) is 23.7 Å². The van der Waals surface area contributed by atoms with E-state index < -0.39 is 5.97 Å². The van der Waals surface area contributed by atoms with E-state index >= 15 is 0 Å². The molecule has 4 fully saturated rings. The number of carboxylic acids is 1. The van der Waals surface area contributed by atoms with Gasteiger partial charge in [-0.3, -0.25) is 0 Å². The van der Waals surface area contributed by atoms with Gasteiger partial charge in [0.05, 0.1) is 5.69 Å². The van der Waals surface area contributed by atoms with E-state index in [2.05, 4.69) is 10.3 Å². The molecular formula is C16H20N2O2. The van der Waals surface area contributed by atoms with Crippen LogP contribution in [0.2, 0.25) is 0 Å². The highest BCUT2D eigenvalue weighted by atomic mass is 16.4. The number of nitrogens with one attached hydrogen (secondary N) is 1. The minimum absolute atomic E-state index is 0.154. The van der Waals surface area contributed by atoms with Crippen molar-refractivity contribution in [3.63, 3.8) is 0 Å². The molecule has 4 heteroatoms. The first-order chi connectivity index (χ1) is 9.70. The Kier molecular flexibility index (Phi) is 2.72. The highest BCUT2D eigenvalue weighted by Gasteiger charge is 2.48. The molecule has 0 saturated heterocycles. The molecule has 0 aromatic carbocycles.